The first-order valence-electron chi connectivity index (χ1n) is 6.58. The van der Waals surface area contributed by atoms with Crippen LogP contribution in [-0.4, -0.2) is 49.7 Å². The minimum atomic E-state index is -0.0936. The Morgan fingerprint density at radius 2 is 2.24 bits per heavy atom. The summed E-state index contributed by atoms with van der Waals surface area (Å²) in [7, 11) is 1.46. The molecule has 4 heteroatoms. The summed E-state index contributed by atoms with van der Waals surface area (Å²) in [4.78, 5) is 13.6. The van der Waals surface area contributed by atoms with Gasteiger partial charge < -0.3 is 10.1 Å². The molecule has 2 atom stereocenters. The second-order valence-corrected chi connectivity index (χ2v) is 5.80. The van der Waals surface area contributed by atoms with E-state index in [1.807, 2.05) is 0 Å². The molecular weight excluding hydrogens is 216 g/mol. The number of rotatable bonds is 4. The number of carbonyl (C=O) groups excluding carboxylic acids is 1. The number of nitrogens with zero attached hydrogens (tertiary/aromatic N) is 1. The van der Waals surface area contributed by atoms with Gasteiger partial charge in [-0.25, -0.2) is 0 Å². The molecular formula is C13H24N2O2. The molecule has 0 aromatic heterocycles. The Hall–Kier alpha value is -0.610. The van der Waals surface area contributed by atoms with E-state index in [4.69, 9.17) is 0 Å². The summed E-state index contributed by atoms with van der Waals surface area (Å²) in [6.07, 6.45) is 1.44. The highest BCUT2D eigenvalue weighted by atomic mass is 16.5. The van der Waals surface area contributed by atoms with E-state index >= 15 is 0 Å². The van der Waals surface area contributed by atoms with E-state index in [2.05, 4.69) is 28.8 Å². The number of methoxy groups -OCH3 is 1. The van der Waals surface area contributed by atoms with Crippen LogP contribution in [0.2, 0.25) is 0 Å². The maximum atomic E-state index is 11.1. The van der Waals surface area contributed by atoms with Crippen LogP contribution in [0.4, 0.5) is 0 Å². The average Bonchev–Trinajstić information content (AvgIpc) is 2.83. The van der Waals surface area contributed by atoms with Gasteiger partial charge >= 0.3 is 5.97 Å². The second-order valence-electron chi connectivity index (χ2n) is 5.80. The van der Waals surface area contributed by atoms with Crippen molar-refractivity contribution in [1.29, 1.82) is 0 Å². The second kappa shape index (κ2) is 4.94. The Balaban J connectivity index is 1.84. The van der Waals surface area contributed by atoms with Gasteiger partial charge in [0.05, 0.1) is 7.11 Å². The van der Waals surface area contributed by atoms with Crippen LogP contribution >= 0.6 is 0 Å². The number of ether oxygens (including phenoxy) is 1. The summed E-state index contributed by atoms with van der Waals surface area (Å²) in [5.74, 6) is 1.47. The van der Waals surface area contributed by atoms with Gasteiger partial charge in [0, 0.05) is 25.0 Å². The monoisotopic (exact) mass is 240 g/mol. The van der Waals surface area contributed by atoms with Crippen LogP contribution in [-0.2, 0) is 9.53 Å². The van der Waals surface area contributed by atoms with Crippen LogP contribution < -0.4 is 5.32 Å². The molecule has 2 fully saturated rings. The zero-order chi connectivity index (χ0) is 12.5. The largest absolute Gasteiger partial charge is 0.469 e. The van der Waals surface area contributed by atoms with Crippen LogP contribution in [0.3, 0.4) is 0 Å². The molecule has 0 aromatic carbocycles. The molecule has 2 unspecified atom stereocenters. The maximum Gasteiger partial charge on any atom is 0.305 e. The van der Waals surface area contributed by atoms with Gasteiger partial charge in [-0.2, -0.15) is 0 Å². The Labute approximate surface area is 104 Å². The predicted octanol–water partition coefficient (Wildman–Crippen LogP) is 0.869. The average molecular weight is 240 g/mol. The van der Waals surface area contributed by atoms with Crippen LogP contribution in [0, 0.1) is 11.8 Å². The van der Waals surface area contributed by atoms with Crippen molar-refractivity contribution in [3.05, 3.63) is 0 Å². The van der Waals surface area contributed by atoms with E-state index in [-0.39, 0.29) is 11.5 Å². The van der Waals surface area contributed by atoms with Crippen LogP contribution in [0.15, 0.2) is 0 Å². The fourth-order valence-electron chi connectivity index (χ4n) is 3.40. The molecule has 2 aliphatic rings. The van der Waals surface area contributed by atoms with Gasteiger partial charge in [0.2, 0.25) is 0 Å². The summed E-state index contributed by atoms with van der Waals surface area (Å²) in [6.45, 7) is 9.15. The standard InChI is InChI=1S/C13H24N2O2/c1-13(2)11-8-14-7-10(11)9-15(13)6-4-5-12(16)17-3/h10-11,14H,4-9H2,1-3H3. The van der Waals surface area contributed by atoms with E-state index in [9.17, 15) is 4.79 Å². The van der Waals surface area contributed by atoms with Gasteiger partial charge in [-0.3, -0.25) is 9.69 Å². The third-order valence-electron chi connectivity index (χ3n) is 4.55. The highest BCUT2D eigenvalue weighted by molar-refractivity contribution is 5.69. The molecule has 2 aliphatic heterocycles. The lowest BCUT2D eigenvalue weighted by Gasteiger charge is -2.35. The highest BCUT2D eigenvalue weighted by Crippen LogP contribution is 2.40. The predicted molar refractivity (Wildman–Crippen MR) is 66.8 cm³/mol. The summed E-state index contributed by atoms with van der Waals surface area (Å²) < 4.78 is 4.67. The molecule has 0 aliphatic carbocycles. The van der Waals surface area contributed by atoms with Crippen molar-refractivity contribution >= 4 is 5.97 Å². The Morgan fingerprint density at radius 3 is 2.88 bits per heavy atom. The summed E-state index contributed by atoms with van der Waals surface area (Å²) >= 11 is 0. The summed E-state index contributed by atoms with van der Waals surface area (Å²) in [6, 6.07) is 0. The number of esters is 1. The zero-order valence-corrected chi connectivity index (χ0v) is 11.2. The third kappa shape index (κ3) is 2.47. The van der Waals surface area contributed by atoms with Gasteiger partial charge in [-0.1, -0.05) is 0 Å². The molecule has 0 amide bonds. The van der Waals surface area contributed by atoms with Crippen molar-refractivity contribution in [3.63, 3.8) is 0 Å². The summed E-state index contributed by atoms with van der Waals surface area (Å²) in [5.41, 5.74) is 0.268. The topological polar surface area (TPSA) is 41.6 Å². The molecule has 0 spiro atoms. The van der Waals surface area contributed by atoms with Crippen molar-refractivity contribution in [2.24, 2.45) is 11.8 Å². The smallest absolute Gasteiger partial charge is 0.305 e. The van der Waals surface area contributed by atoms with Crippen LogP contribution in [0.5, 0.6) is 0 Å². The van der Waals surface area contributed by atoms with Gasteiger partial charge in [0.15, 0.2) is 0 Å². The van der Waals surface area contributed by atoms with Crippen molar-refractivity contribution in [2.75, 3.05) is 33.3 Å². The van der Waals surface area contributed by atoms with Crippen LogP contribution in [0.25, 0.3) is 0 Å². The minimum absolute atomic E-state index is 0.0936. The maximum absolute atomic E-state index is 11.1. The molecule has 17 heavy (non-hydrogen) atoms. The number of hydrogen-bond donors (Lipinski definition) is 1. The van der Waals surface area contributed by atoms with E-state index in [1.165, 1.54) is 13.7 Å². The fourth-order valence-corrected chi connectivity index (χ4v) is 3.40. The van der Waals surface area contributed by atoms with E-state index in [0.29, 0.717) is 6.42 Å². The van der Waals surface area contributed by atoms with Crippen molar-refractivity contribution in [2.45, 2.75) is 32.2 Å². The fraction of sp³-hybridized carbons (Fsp3) is 0.923. The van der Waals surface area contributed by atoms with E-state index in [0.717, 1.165) is 37.9 Å². The van der Waals surface area contributed by atoms with Gasteiger partial charge in [0.25, 0.3) is 0 Å². The first-order chi connectivity index (χ1) is 8.05. The number of likely N-dealkylation sites (tertiary alicyclic amines) is 1. The van der Waals surface area contributed by atoms with Crippen molar-refractivity contribution in [1.82, 2.24) is 10.2 Å². The number of carbonyl (C=O) groups is 1. The molecule has 2 saturated heterocycles. The molecule has 0 aromatic rings. The van der Waals surface area contributed by atoms with Gasteiger partial charge in [-0.05, 0) is 45.2 Å². The minimum Gasteiger partial charge on any atom is -0.469 e. The highest BCUT2D eigenvalue weighted by Gasteiger charge is 2.48. The molecule has 4 nitrogen and oxygen atoms in total. The normalized spacial score (nSPS) is 31.5. The molecule has 2 rings (SSSR count). The van der Waals surface area contributed by atoms with Crippen molar-refractivity contribution in [3.8, 4) is 0 Å². The molecule has 1 N–H and O–H groups in total. The molecule has 2 heterocycles. The lowest BCUT2D eigenvalue weighted by atomic mass is 9.85. The Morgan fingerprint density at radius 1 is 1.47 bits per heavy atom. The lowest BCUT2D eigenvalue weighted by molar-refractivity contribution is -0.140. The zero-order valence-electron chi connectivity index (χ0n) is 11.2. The van der Waals surface area contributed by atoms with Gasteiger partial charge in [-0.15, -0.1) is 0 Å². The van der Waals surface area contributed by atoms with E-state index < -0.39 is 0 Å². The van der Waals surface area contributed by atoms with E-state index in [1.54, 1.807) is 0 Å². The Bertz CT molecular complexity index is 291. The SMILES string of the molecule is COC(=O)CCCN1CC2CNCC2C1(C)C. The number of nitrogens with one attached hydrogen (secondary N) is 1. The lowest BCUT2D eigenvalue weighted by Crippen LogP contribution is -2.44. The number of hydrogen-bond acceptors (Lipinski definition) is 4. The third-order valence-corrected chi connectivity index (χ3v) is 4.55. The first-order valence-corrected chi connectivity index (χ1v) is 6.58. The van der Waals surface area contributed by atoms with Crippen LogP contribution in [0.1, 0.15) is 26.7 Å². The molecule has 0 bridgehead atoms. The number of fused-ring (bicyclic) bond motifs is 1. The molecule has 0 radical (unpaired) electrons. The van der Waals surface area contributed by atoms with Gasteiger partial charge in [0.1, 0.15) is 0 Å². The molecule has 0 saturated carbocycles. The Kier molecular flexibility index (Phi) is 3.73. The van der Waals surface area contributed by atoms with Crippen molar-refractivity contribution < 1.29 is 9.53 Å². The summed E-state index contributed by atoms with van der Waals surface area (Å²) in [5, 5.41) is 3.48. The molecule has 98 valence electrons. The first kappa shape index (κ1) is 12.8. The quantitative estimate of drug-likeness (QED) is 0.740.